The van der Waals surface area contributed by atoms with Gasteiger partial charge in [0.1, 0.15) is 0 Å². The SMILES string of the molecule is COc1cc(C=NNC(=O)CCNc2n[nH]c(=O)[nH]c2=O)cc([N+](=O)[O-])c1O. The van der Waals surface area contributed by atoms with Crippen molar-refractivity contribution in [3.05, 3.63) is 48.6 Å². The second-order valence-corrected chi connectivity index (χ2v) is 5.17. The number of ether oxygens (including phenoxy) is 1. The standard InChI is InChI=1S/C14H15N7O7/c1-28-9-5-7(4-8(11(9)23)21(26)27)6-16-18-10(22)2-3-15-12-13(24)17-14(25)20-19-12/h4-6,23H,2-3H2,1H3,(H,15,19)(H,18,22)(H2,17,20,24,25). The van der Waals surface area contributed by atoms with Crippen LogP contribution >= 0.6 is 0 Å². The number of aromatic hydroxyl groups is 1. The number of carbonyl (C=O) groups excluding carboxylic acids is 1. The van der Waals surface area contributed by atoms with Crippen LogP contribution in [0, 0.1) is 10.1 Å². The van der Waals surface area contributed by atoms with Crippen LogP contribution in [0.4, 0.5) is 11.5 Å². The first-order valence-electron chi connectivity index (χ1n) is 7.62. The molecule has 0 saturated carbocycles. The normalized spacial score (nSPS) is 10.6. The maximum atomic E-state index is 11.7. The highest BCUT2D eigenvalue weighted by atomic mass is 16.6. The number of benzene rings is 1. The number of hydrazone groups is 1. The molecule has 5 N–H and O–H groups in total. The third-order valence-corrected chi connectivity index (χ3v) is 3.25. The molecule has 1 aromatic heterocycles. The minimum atomic E-state index is -0.786. The molecular formula is C14H15N7O7. The van der Waals surface area contributed by atoms with Gasteiger partial charge in [-0.25, -0.2) is 15.3 Å². The maximum absolute atomic E-state index is 11.7. The van der Waals surface area contributed by atoms with Gasteiger partial charge < -0.3 is 15.2 Å². The Labute approximate surface area is 155 Å². The van der Waals surface area contributed by atoms with E-state index in [1.54, 1.807) is 0 Å². The highest BCUT2D eigenvalue weighted by Crippen LogP contribution is 2.36. The Morgan fingerprint density at radius 1 is 1.46 bits per heavy atom. The van der Waals surface area contributed by atoms with Crippen LogP contribution in [-0.2, 0) is 4.79 Å². The van der Waals surface area contributed by atoms with Crippen LogP contribution in [0.2, 0.25) is 0 Å². The molecule has 0 aliphatic carbocycles. The number of H-pyrrole nitrogens is 2. The number of nitro groups is 1. The van der Waals surface area contributed by atoms with Crippen LogP contribution in [0.5, 0.6) is 11.5 Å². The number of nitrogens with one attached hydrogen (secondary N) is 4. The number of hydrogen-bond donors (Lipinski definition) is 5. The number of aromatic nitrogens is 3. The summed E-state index contributed by atoms with van der Waals surface area (Å²) in [5, 5.41) is 32.3. The third kappa shape index (κ3) is 5.13. The van der Waals surface area contributed by atoms with E-state index in [2.05, 4.69) is 20.9 Å². The molecule has 0 saturated heterocycles. The fraction of sp³-hybridized carbons (Fsp3) is 0.214. The zero-order valence-corrected chi connectivity index (χ0v) is 14.4. The van der Waals surface area contributed by atoms with Gasteiger partial charge in [-0.1, -0.05) is 0 Å². The lowest BCUT2D eigenvalue weighted by molar-refractivity contribution is -0.386. The molecule has 2 rings (SSSR count). The molecule has 0 spiro atoms. The number of rotatable bonds is 8. The van der Waals surface area contributed by atoms with Gasteiger partial charge >= 0.3 is 11.4 Å². The van der Waals surface area contributed by atoms with Crippen molar-refractivity contribution < 1.29 is 19.6 Å². The number of phenolic OH excluding ortho intramolecular Hbond substituents is 1. The summed E-state index contributed by atoms with van der Waals surface area (Å²) in [6, 6.07) is 2.36. The highest BCUT2D eigenvalue weighted by Gasteiger charge is 2.19. The van der Waals surface area contributed by atoms with Crippen LogP contribution in [-0.4, -0.2) is 51.0 Å². The molecule has 2 aromatic rings. The largest absolute Gasteiger partial charge is 0.500 e. The van der Waals surface area contributed by atoms with Crippen molar-refractivity contribution in [1.82, 2.24) is 20.6 Å². The van der Waals surface area contributed by atoms with E-state index in [-0.39, 0.29) is 30.1 Å². The Morgan fingerprint density at radius 3 is 2.86 bits per heavy atom. The molecule has 1 heterocycles. The number of aromatic amines is 2. The number of nitrogens with zero attached hydrogens (tertiary/aromatic N) is 3. The molecule has 0 radical (unpaired) electrons. The number of phenols is 1. The van der Waals surface area contributed by atoms with Crippen LogP contribution in [0.3, 0.4) is 0 Å². The highest BCUT2D eigenvalue weighted by molar-refractivity contribution is 5.85. The molecule has 0 aliphatic rings. The van der Waals surface area contributed by atoms with Crippen molar-refractivity contribution in [3.63, 3.8) is 0 Å². The van der Waals surface area contributed by atoms with Gasteiger partial charge in [0.15, 0.2) is 5.75 Å². The summed E-state index contributed by atoms with van der Waals surface area (Å²) in [4.78, 5) is 46.0. The summed E-state index contributed by atoms with van der Waals surface area (Å²) >= 11 is 0. The van der Waals surface area contributed by atoms with E-state index in [1.807, 2.05) is 10.1 Å². The number of anilines is 1. The molecule has 14 heteroatoms. The molecule has 0 bridgehead atoms. The van der Waals surface area contributed by atoms with Gasteiger partial charge in [0.2, 0.25) is 17.5 Å². The second-order valence-electron chi connectivity index (χ2n) is 5.17. The predicted molar refractivity (Wildman–Crippen MR) is 95.6 cm³/mol. The average molecular weight is 393 g/mol. The lowest BCUT2D eigenvalue weighted by atomic mass is 10.2. The number of methoxy groups -OCH3 is 1. The van der Waals surface area contributed by atoms with E-state index in [9.17, 15) is 29.6 Å². The molecule has 14 nitrogen and oxygen atoms in total. The molecular weight excluding hydrogens is 378 g/mol. The first kappa shape index (κ1) is 20.1. The van der Waals surface area contributed by atoms with Gasteiger partial charge in [0.05, 0.1) is 18.2 Å². The number of amides is 1. The molecule has 28 heavy (non-hydrogen) atoms. The molecule has 0 fully saturated rings. The van der Waals surface area contributed by atoms with E-state index in [4.69, 9.17) is 4.74 Å². The Morgan fingerprint density at radius 2 is 2.21 bits per heavy atom. The summed E-state index contributed by atoms with van der Waals surface area (Å²) in [5.74, 6) is -1.42. The first-order chi connectivity index (χ1) is 13.3. The third-order valence-electron chi connectivity index (χ3n) is 3.25. The van der Waals surface area contributed by atoms with E-state index in [0.29, 0.717) is 0 Å². The average Bonchev–Trinajstić information content (AvgIpc) is 2.64. The molecule has 0 aliphatic heterocycles. The summed E-state index contributed by atoms with van der Waals surface area (Å²) in [6.07, 6.45) is 1.05. The first-order valence-corrected chi connectivity index (χ1v) is 7.62. The minimum Gasteiger partial charge on any atom is -0.500 e. The monoisotopic (exact) mass is 393 g/mol. The van der Waals surface area contributed by atoms with Gasteiger partial charge in [-0.15, -0.1) is 5.10 Å². The van der Waals surface area contributed by atoms with E-state index in [0.717, 1.165) is 12.3 Å². The second kappa shape index (κ2) is 8.93. The minimum absolute atomic E-state index is 0.0297. The molecule has 0 unspecified atom stereocenters. The van der Waals surface area contributed by atoms with Crippen LogP contribution in [0.1, 0.15) is 12.0 Å². The Bertz CT molecular complexity index is 1030. The molecule has 148 valence electrons. The van der Waals surface area contributed by atoms with E-state index < -0.39 is 33.5 Å². The van der Waals surface area contributed by atoms with Crippen molar-refractivity contribution in [2.45, 2.75) is 6.42 Å². The van der Waals surface area contributed by atoms with Gasteiger partial charge in [-0.2, -0.15) is 5.10 Å². The topological polar surface area (TPSA) is 205 Å². The number of hydrogen-bond acceptors (Lipinski definition) is 10. The van der Waals surface area contributed by atoms with Gasteiger partial charge in [0.25, 0.3) is 5.56 Å². The van der Waals surface area contributed by atoms with Crippen molar-refractivity contribution in [1.29, 1.82) is 0 Å². The van der Waals surface area contributed by atoms with Gasteiger partial charge in [-0.05, 0) is 6.07 Å². The van der Waals surface area contributed by atoms with E-state index >= 15 is 0 Å². The van der Waals surface area contributed by atoms with Crippen LogP contribution in [0.15, 0.2) is 26.8 Å². The van der Waals surface area contributed by atoms with Gasteiger partial charge in [-0.3, -0.25) is 24.7 Å². The smallest absolute Gasteiger partial charge is 0.342 e. The van der Waals surface area contributed by atoms with Gasteiger partial charge in [0, 0.05) is 24.6 Å². The summed E-state index contributed by atoms with van der Waals surface area (Å²) in [6.45, 7) is 0.0297. The molecule has 1 amide bonds. The summed E-state index contributed by atoms with van der Waals surface area (Å²) < 4.78 is 4.85. The van der Waals surface area contributed by atoms with Crippen molar-refractivity contribution in [2.24, 2.45) is 5.10 Å². The van der Waals surface area contributed by atoms with E-state index in [1.165, 1.54) is 13.2 Å². The van der Waals surface area contributed by atoms with Crippen LogP contribution in [0.25, 0.3) is 0 Å². The zero-order valence-electron chi connectivity index (χ0n) is 14.4. The maximum Gasteiger partial charge on any atom is 0.342 e. The van der Waals surface area contributed by atoms with Crippen molar-refractivity contribution >= 4 is 23.6 Å². The van der Waals surface area contributed by atoms with Crippen molar-refractivity contribution in [3.8, 4) is 11.5 Å². The zero-order chi connectivity index (χ0) is 20.7. The quantitative estimate of drug-likeness (QED) is 0.212. The fourth-order valence-corrected chi connectivity index (χ4v) is 1.98. The molecule has 0 atom stereocenters. The summed E-state index contributed by atoms with van der Waals surface area (Å²) in [5.41, 5.74) is 0.346. The fourth-order valence-electron chi connectivity index (χ4n) is 1.98. The van der Waals surface area contributed by atoms with Crippen molar-refractivity contribution in [2.75, 3.05) is 19.0 Å². The van der Waals surface area contributed by atoms with Crippen LogP contribution < -0.4 is 26.7 Å². The lowest BCUT2D eigenvalue weighted by Gasteiger charge is -2.05. The molecule has 1 aromatic carbocycles. The Kier molecular flexibility index (Phi) is 6.40. The lowest BCUT2D eigenvalue weighted by Crippen LogP contribution is -2.28. The predicted octanol–water partition coefficient (Wildman–Crippen LogP) is -0.967. The number of nitro benzene ring substituents is 1. The Balaban J connectivity index is 1.92. The number of carbonyl (C=O) groups is 1. The summed E-state index contributed by atoms with van der Waals surface area (Å²) in [7, 11) is 1.23. The Hall–Kier alpha value is -4.23.